The fraction of sp³-hybridized carbons (Fsp3) is 0.310. The molecule has 190 valence electrons. The second-order valence-corrected chi connectivity index (χ2v) is 8.76. The number of anilines is 1. The van der Waals surface area contributed by atoms with Crippen LogP contribution in [0.25, 0.3) is 11.1 Å². The Kier molecular flexibility index (Phi) is 10.0. The monoisotopic (exact) mass is 489 g/mol. The van der Waals surface area contributed by atoms with Crippen LogP contribution < -0.4 is 10.1 Å². The van der Waals surface area contributed by atoms with E-state index in [1.807, 2.05) is 43.4 Å². The van der Waals surface area contributed by atoms with E-state index in [-0.39, 0.29) is 17.1 Å². The number of rotatable bonds is 8. The van der Waals surface area contributed by atoms with Crippen molar-refractivity contribution in [3.05, 3.63) is 77.9 Å². The number of ketones is 1. The molecular weight excluding hydrogens is 454 g/mol. The zero-order chi connectivity index (χ0) is 25.9. The molecule has 0 saturated carbocycles. The molecule has 3 aromatic rings. The molecule has 0 bridgehead atoms. The van der Waals surface area contributed by atoms with Crippen molar-refractivity contribution in [1.29, 1.82) is 0 Å². The number of aldehydes is 1. The molecule has 0 aromatic heterocycles. The standard InChI is InChI=1S/C15H15NO.C14H20N2O3/c1-11(17)14-9-8-13(10-15(14)16-2)12-6-4-3-5-7-12;1-15-4-6-16(7-5-15)8-9-19-13-2-3-14(18)12(10-13)11-17/h3-10,16H,1-2H3;2-3,10-11,18H,4-9H2,1H3. The molecule has 0 spiro atoms. The van der Waals surface area contributed by atoms with Gasteiger partial charge in [-0.3, -0.25) is 14.5 Å². The number of piperazine rings is 1. The van der Waals surface area contributed by atoms with E-state index in [4.69, 9.17) is 4.74 Å². The van der Waals surface area contributed by atoms with Crippen molar-refractivity contribution >= 4 is 17.8 Å². The Morgan fingerprint density at radius 3 is 2.36 bits per heavy atom. The molecule has 36 heavy (non-hydrogen) atoms. The highest BCUT2D eigenvalue weighted by Gasteiger charge is 2.13. The van der Waals surface area contributed by atoms with Gasteiger partial charge in [0.2, 0.25) is 0 Å². The van der Waals surface area contributed by atoms with Gasteiger partial charge >= 0.3 is 0 Å². The van der Waals surface area contributed by atoms with Crippen molar-refractivity contribution in [2.24, 2.45) is 0 Å². The van der Waals surface area contributed by atoms with E-state index in [1.165, 1.54) is 6.07 Å². The number of nitrogens with one attached hydrogen (secondary N) is 1. The van der Waals surface area contributed by atoms with E-state index < -0.39 is 0 Å². The van der Waals surface area contributed by atoms with Gasteiger partial charge in [0.25, 0.3) is 0 Å². The van der Waals surface area contributed by atoms with Crippen LogP contribution in [-0.2, 0) is 0 Å². The number of Topliss-reactive ketones (excluding diaryl/α,β-unsaturated/α-hetero) is 1. The van der Waals surface area contributed by atoms with Gasteiger partial charge in [0.15, 0.2) is 12.1 Å². The van der Waals surface area contributed by atoms with E-state index in [0.717, 1.165) is 55.1 Å². The first-order valence-corrected chi connectivity index (χ1v) is 12.1. The quantitative estimate of drug-likeness (QED) is 0.358. The smallest absolute Gasteiger partial charge is 0.161 e. The van der Waals surface area contributed by atoms with Gasteiger partial charge in [0.05, 0.1) is 5.56 Å². The molecular formula is C29H35N3O4. The lowest BCUT2D eigenvalue weighted by Crippen LogP contribution is -2.45. The number of nitrogens with zero attached hydrogens (tertiary/aromatic N) is 2. The molecule has 1 fully saturated rings. The maximum absolute atomic E-state index is 11.4. The van der Waals surface area contributed by atoms with E-state index in [1.54, 1.807) is 19.1 Å². The minimum absolute atomic E-state index is 0.0126. The zero-order valence-electron chi connectivity index (χ0n) is 21.2. The van der Waals surface area contributed by atoms with Crippen LogP contribution in [-0.4, -0.2) is 80.4 Å². The fourth-order valence-corrected chi connectivity index (χ4v) is 3.95. The summed E-state index contributed by atoms with van der Waals surface area (Å²) in [6.07, 6.45) is 0.628. The van der Waals surface area contributed by atoms with Gasteiger partial charge in [-0.05, 0) is 55.4 Å². The van der Waals surface area contributed by atoms with Crippen LogP contribution in [0.15, 0.2) is 66.7 Å². The Bertz CT molecular complexity index is 1140. The van der Waals surface area contributed by atoms with Gasteiger partial charge in [-0.15, -0.1) is 0 Å². The van der Waals surface area contributed by atoms with Gasteiger partial charge in [-0.1, -0.05) is 36.4 Å². The number of carbonyl (C=O) groups excluding carboxylic acids is 2. The number of aromatic hydroxyl groups is 1. The Balaban J connectivity index is 0.000000202. The molecule has 0 amide bonds. The molecule has 1 aliphatic heterocycles. The summed E-state index contributed by atoms with van der Waals surface area (Å²) in [4.78, 5) is 26.8. The molecule has 1 aliphatic rings. The molecule has 7 nitrogen and oxygen atoms in total. The third-order valence-electron chi connectivity index (χ3n) is 6.17. The predicted octanol–water partition coefficient (Wildman–Crippen LogP) is 4.43. The maximum atomic E-state index is 11.4. The van der Waals surface area contributed by atoms with Gasteiger partial charge in [0.1, 0.15) is 18.1 Å². The van der Waals surface area contributed by atoms with Gasteiger partial charge < -0.3 is 20.1 Å². The molecule has 1 heterocycles. The van der Waals surface area contributed by atoms with Crippen LogP contribution in [0.4, 0.5) is 5.69 Å². The molecule has 3 aromatic carbocycles. The number of hydrogen-bond donors (Lipinski definition) is 2. The topological polar surface area (TPSA) is 82.1 Å². The Labute approximate surface area is 213 Å². The third kappa shape index (κ3) is 7.66. The molecule has 2 N–H and O–H groups in total. The largest absolute Gasteiger partial charge is 0.507 e. The summed E-state index contributed by atoms with van der Waals surface area (Å²) in [7, 11) is 3.96. The van der Waals surface area contributed by atoms with Crippen molar-refractivity contribution in [3.63, 3.8) is 0 Å². The lowest BCUT2D eigenvalue weighted by atomic mass is 10.0. The van der Waals surface area contributed by atoms with Crippen LogP contribution in [0.1, 0.15) is 27.6 Å². The van der Waals surface area contributed by atoms with Crippen molar-refractivity contribution in [1.82, 2.24) is 9.80 Å². The van der Waals surface area contributed by atoms with E-state index >= 15 is 0 Å². The average Bonchev–Trinajstić information content (AvgIpc) is 2.91. The number of ether oxygens (including phenoxy) is 1. The Morgan fingerprint density at radius 2 is 1.72 bits per heavy atom. The normalized spacial score (nSPS) is 13.9. The maximum Gasteiger partial charge on any atom is 0.161 e. The second kappa shape index (κ2) is 13.4. The van der Waals surface area contributed by atoms with Crippen molar-refractivity contribution < 1.29 is 19.4 Å². The third-order valence-corrected chi connectivity index (χ3v) is 6.17. The summed E-state index contributed by atoms with van der Waals surface area (Å²) in [6, 6.07) is 20.7. The lowest BCUT2D eigenvalue weighted by Gasteiger charge is -2.32. The summed E-state index contributed by atoms with van der Waals surface area (Å²) in [5.74, 6) is 0.685. The first-order chi connectivity index (χ1) is 17.4. The number of phenols is 1. The summed E-state index contributed by atoms with van der Waals surface area (Å²) in [5, 5.41) is 12.5. The molecule has 0 atom stereocenters. The lowest BCUT2D eigenvalue weighted by molar-refractivity contribution is 0.101. The average molecular weight is 490 g/mol. The van der Waals surface area contributed by atoms with E-state index in [9.17, 15) is 14.7 Å². The predicted molar refractivity (Wildman–Crippen MR) is 144 cm³/mol. The van der Waals surface area contributed by atoms with Crippen LogP contribution >= 0.6 is 0 Å². The van der Waals surface area contributed by atoms with Gasteiger partial charge in [-0.25, -0.2) is 0 Å². The minimum Gasteiger partial charge on any atom is -0.507 e. The van der Waals surface area contributed by atoms with Crippen LogP contribution in [0.5, 0.6) is 11.5 Å². The number of benzene rings is 3. The molecule has 4 rings (SSSR count). The zero-order valence-corrected chi connectivity index (χ0v) is 21.2. The molecule has 0 unspecified atom stereocenters. The highest BCUT2D eigenvalue weighted by molar-refractivity contribution is 6.00. The van der Waals surface area contributed by atoms with Crippen LogP contribution in [0.2, 0.25) is 0 Å². The number of carbonyl (C=O) groups is 2. The van der Waals surface area contributed by atoms with Crippen molar-refractivity contribution in [2.75, 3.05) is 58.7 Å². The van der Waals surface area contributed by atoms with E-state index in [0.29, 0.717) is 18.6 Å². The summed E-state index contributed by atoms with van der Waals surface area (Å²) in [5.41, 5.74) is 4.13. The van der Waals surface area contributed by atoms with Gasteiger partial charge in [-0.2, -0.15) is 0 Å². The molecule has 0 radical (unpaired) electrons. The first-order valence-electron chi connectivity index (χ1n) is 12.1. The highest BCUT2D eigenvalue weighted by Crippen LogP contribution is 2.25. The number of hydrogen-bond acceptors (Lipinski definition) is 7. The first kappa shape index (κ1) is 26.9. The second-order valence-electron chi connectivity index (χ2n) is 8.76. The minimum atomic E-state index is -0.0126. The molecule has 7 heteroatoms. The van der Waals surface area contributed by atoms with Crippen molar-refractivity contribution in [2.45, 2.75) is 6.92 Å². The summed E-state index contributed by atoms with van der Waals surface area (Å²) >= 11 is 0. The number of likely N-dealkylation sites (N-methyl/N-ethyl adjacent to an activating group) is 1. The Hall–Kier alpha value is -3.68. The van der Waals surface area contributed by atoms with Gasteiger partial charge in [0, 0.05) is 51.0 Å². The summed E-state index contributed by atoms with van der Waals surface area (Å²) < 4.78 is 5.61. The SMILES string of the molecule is CN1CCN(CCOc2ccc(O)c(C=O)c2)CC1.CNc1cc(-c2ccccc2)ccc1C(C)=O. The fourth-order valence-electron chi connectivity index (χ4n) is 3.95. The molecule has 0 aliphatic carbocycles. The number of phenolic OH excluding ortho intramolecular Hbond substituents is 1. The van der Waals surface area contributed by atoms with Crippen LogP contribution in [0.3, 0.4) is 0 Å². The van der Waals surface area contributed by atoms with E-state index in [2.05, 4.69) is 34.3 Å². The Morgan fingerprint density at radius 1 is 1.00 bits per heavy atom. The molecule has 1 saturated heterocycles. The van der Waals surface area contributed by atoms with Crippen LogP contribution in [0, 0.1) is 0 Å². The highest BCUT2D eigenvalue weighted by atomic mass is 16.5. The summed E-state index contributed by atoms with van der Waals surface area (Å²) in [6.45, 7) is 7.36. The van der Waals surface area contributed by atoms with Crippen molar-refractivity contribution in [3.8, 4) is 22.6 Å².